The van der Waals surface area contributed by atoms with Gasteiger partial charge in [-0.15, -0.1) is 0 Å². The van der Waals surface area contributed by atoms with E-state index in [1.807, 2.05) is 32.9 Å². The van der Waals surface area contributed by atoms with E-state index in [2.05, 4.69) is 16.1 Å². The van der Waals surface area contributed by atoms with Crippen molar-refractivity contribution in [3.8, 4) is 0 Å². The number of hydrogen-bond donors (Lipinski definition) is 2. The SMILES string of the molecule is CC[C@@H](NC(=O)c1cccc(S(=O)(=O)NC)c1)c1ccc(C)c(C)c1. The Kier molecular flexibility index (Phi) is 5.98. The van der Waals surface area contributed by atoms with Crippen molar-refractivity contribution in [2.24, 2.45) is 0 Å². The van der Waals surface area contributed by atoms with Gasteiger partial charge in [-0.05, 0) is 62.2 Å². The quantitative estimate of drug-likeness (QED) is 0.831. The fraction of sp³-hybridized carbons (Fsp3) is 0.316. The second kappa shape index (κ2) is 7.80. The van der Waals surface area contributed by atoms with Crippen LogP contribution in [0.15, 0.2) is 47.4 Å². The van der Waals surface area contributed by atoms with Gasteiger partial charge in [0.05, 0.1) is 10.9 Å². The number of aryl methyl sites for hydroxylation is 2. The van der Waals surface area contributed by atoms with Gasteiger partial charge in [0.1, 0.15) is 0 Å². The van der Waals surface area contributed by atoms with Crippen molar-refractivity contribution in [1.82, 2.24) is 10.0 Å². The number of hydrogen-bond acceptors (Lipinski definition) is 3. The Morgan fingerprint density at radius 2 is 1.80 bits per heavy atom. The Bertz CT molecular complexity index is 876. The van der Waals surface area contributed by atoms with E-state index in [4.69, 9.17) is 0 Å². The van der Waals surface area contributed by atoms with E-state index in [-0.39, 0.29) is 16.8 Å². The molecule has 0 fully saturated rings. The number of benzene rings is 2. The van der Waals surface area contributed by atoms with Crippen molar-refractivity contribution in [2.75, 3.05) is 7.05 Å². The molecule has 25 heavy (non-hydrogen) atoms. The molecule has 0 bridgehead atoms. The highest BCUT2D eigenvalue weighted by Gasteiger charge is 2.17. The predicted molar refractivity (Wildman–Crippen MR) is 99.1 cm³/mol. The molecule has 0 aliphatic carbocycles. The highest BCUT2D eigenvalue weighted by atomic mass is 32.2. The number of rotatable bonds is 6. The Morgan fingerprint density at radius 3 is 2.40 bits per heavy atom. The fourth-order valence-electron chi connectivity index (χ4n) is 2.57. The summed E-state index contributed by atoms with van der Waals surface area (Å²) in [5, 5.41) is 2.99. The first kappa shape index (κ1) is 19.1. The van der Waals surface area contributed by atoms with Crippen LogP contribution >= 0.6 is 0 Å². The van der Waals surface area contributed by atoms with Gasteiger partial charge in [-0.25, -0.2) is 13.1 Å². The van der Waals surface area contributed by atoms with Crippen LogP contribution in [0.25, 0.3) is 0 Å². The molecule has 2 rings (SSSR count). The van der Waals surface area contributed by atoms with Crippen molar-refractivity contribution in [2.45, 2.75) is 38.1 Å². The minimum absolute atomic E-state index is 0.0712. The highest BCUT2D eigenvalue weighted by Crippen LogP contribution is 2.21. The third-order valence-electron chi connectivity index (χ3n) is 4.32. The van der Waals surface area contributed by atoms with Gasteiger partial charge >= 0.3 is 0 Å². The molecule has 1 amide bonds. The molecule has 1 atom stereocenters. The molecular formula is C19H24N2O3S. The zero-order chi connectivity index (χ0) is 18.6. The van der Waals surface area contributed by atoms with E-state index in [0.717, 1.165) is 12.0 Å². The molecule has 2 aromatic rings. The van der Waals surface area contributed by atoms with Gasteiger partial charge in [0, 0.05) is 5.56 Å². The van der Waals surface area contributed by atoms with Crippen LogP contribution in [0.3, 0.4) is 0 Å². The maximum absolute atomic E-state index is 12.6. The first-order valence-electron chi connectivity index (χ1n) is 8.20. The lowest BCUT2D eigenvalue weighted by molar-refractivity contribution is 0.0935. The van der Waals surface area contributed by atoms with Crippen LogP contribution < -0.4 is 10.0 Å². The zero-order valence-corrected chi connectivity index (χ0v) is 15.8. The number of nitrogens with one attached hydrogen (secondary N) is 2. The largest absolute Gasteiger partial charge is 0.345 e. The van der Waals surface area contributed by atoms with Gasteiger partial charge < -0.3 is 5.32 Å². The minimum atomic E-state index is -3.58. The Hall–Kier alpha value is -2.18. The molecule has 0 saturated carbocycles. The summed E-state index contributed by atoms with van der Waals surface area (Å²) in [7, 11) is -2.24. The van der Waals surface area contributed by atoms with E-state index >= 15 is 0 Å². The lowest BCUT2D eigenvalue weighted by Gasteiger charge is -2.19. The average molecular weight is 360 g/mol. The number of carbonyl (C=O) groups is 1. The normalized spacial score (nSPS) is 12.6. The van der Waals surface area contributed by atoms with Gasteiger partial charge in [0.2, 0.25) is 10.0 Å². The molecule has 5 nitrogen and oxygen atoms in total. The van der Waals surface area contributed by atoms with Crippen LogP contribution in [0.4, 0.5) is 0 Å². The Balaban J connectivity index is 2.25. The summed E-state index contributed by atoms with van der Waals surface area (Å²) in [5.41, 5.74) is 3.73. The first-order chi connectivity index (χ1) is 11.8. The number of carbonyl (C=O) groups excluding carboxylic acids is 1. The molecule has 0 unspecified atom stereocenters. The summed E-state index contributed by atoms with van der Waals surface area (Å²) in [6, 6.07) is 12.0. The molecule has 0 aromatic heterocycles. The molecule has 0 aliphatic heterocycles. The molecule has 134 valence electrons. The second-order valence-electron chi connectivity index (χ2n) is 6.01. The second-order valence-corrected chi connectivity index (χ2v) is 7.90. The maximum atomic E-state index is 12.6. The van der Waals surface area contributed by atoms with E-state index < -0.39 is 10.0 Å². The highest BCUT2D eigenvalue weighted by molar-refractivity contribution is 7.89. The van der Waals surface area contributed by atoms with E-state index in [0.29, 0.717) is 5.56 Å². The third kappa shape index (κ3) is 4.46. The lowest BCUT2D eigenvalue weighted by Crippen LogP contribution is -2.28. The predicted octanol–water partition coefficient (Wildman–Crippen LogP) is 3.09. The van der Waals surface area contributed by atoms with Gasteiger partial charge in [-0.2, -0.15) is 0 Å². The van der Waals surface area contributed by atoms with Crippen molar-refractivity contribution in [3.63, 3.8) is 0 Å². The van der Waals surface area contributed by atoms with Gasteiger partial charge in [-0.3, -0.25) is 4.79 Å². The van der Waals surface area contributed by atoms with E-state index in [1.165, 1.54) is 30.3 Å². The average Bonchev–Trinajstić information content (AvgIpc) is 2.62. The van der Waals surface area contributed by atoms with Gasteiger partial charge in [0.15, 0.2) is 0 Å². The van der Waals surface area contributed by atoms with Crippen molar-refractivity contribution in [1.29, 1.82) is 0 Å². The van der Waals surface area contributed by atoms with Crippen LogP contribution in [0.2, 0.25) is 0 Å². The van der Waals surface area contributed by atoms with Crippen LogP contribution in [-0.2, 0) is 10.0 Å². The topological polar surface area (TPSA) is 75.3 Å². The summed E-state index contributed by atoms with van der Waals surface area (Å²) in [4.78, 5) is 12.7. The third-order valence-corrected chi connectivity index (χ3v) is 5.73. The van der Waals surface area contributed by atoms with Crippen molar-refractivity contribution < 1.29 is 13.2 Å². The van der Waals surface area contributed by atoms with Crippen LogP contribution in [0, 0.1) is 13.8 Å². The number of sulfonamides is 1. The van der Waals surface area contributed by atoms with Crippen LogP contribution in [0.5, 0.6) is 0 Å². The van der Waals surface area contributed by atoms with Crippen molar-refractivity contribution >= 4 is 15.9 Å². The Morgan fingerprint density at radius 1 is 1.08 bits per heavy atom. The molecule has 2 N–H and O–H groups in total. The molecule has 0 spiro atoms. The molecule has 0 saturated heterocycles. The van der Waals surface area contributed by atoms with Crippen molar-refractivity contribution in [3.05, 3.63) is 64.7 Å². The summed E-state index contributed by atoms with van der Waals surface area (Å²) in [5.74, 6) is -0.293. The van der Waals surface area contributed by atoms with Crippen LogP contribution in [-0.4, -0.2) is 21.4 Å². The Labute approximate surface area is 149 Å². The number of amides is 1. The summed E-state index contributed by atoms with van der Waals surface area (Å²) >= 11 is 0. The summed E-state index contributed by atoms with van der Waals surface area (Å²) in [6.45, 7) is 6.09. The van der Waals surface area contributed by atoms with Crippen LogP contribution in [0.1, 0.15) is 46.4 Å². The van der Waals surface area contributed by atoms with E-state index in [1.54, 1.807) is 12.1 Å². The standard InChI is InChI=1S/C19H24N2O3S/c1-5-18(15-10-9-13(2)14(3)11-15)21-19(22)16-7-6-8-17(12-16)25(23,24)20-4/h6-12,18,20H,5H2,1-4H3,(H,21,22)/t18-/m1/s1. The smallest absolute Gasteiger partial charge is 0.251 e. The van der Waals surface area contributed by atoms with E-state index in [9.17, 15) is 13.2 Å². The molecule has 0 heterocycles. The molecule has 6 heteroatoms. The fourth-order valence-corrected chi connectivity index (χ4v) is 3.34. The molecule has 2 aromatic carbocycles. The molecule has 0 radical (unpaired) electrons. The molecular weight excluding hydrogens is 336 g/mol. The van der Waals surface area contributed by atoms with Gasteiger partial charge in [0.25, 0.3) is 5.91 Å². The summed E-state index contributed by atoms with van der Waals surface area (Å²) in [6.07, 6.45) is 0.739. The first-order valence-corrected chi connectivity index (χ1v) is 9.68. The lowest BCUT2D eigenvalue weighted by atomic mass is 9.99. The molecule has 0 aliphatic rings. The maximum Gasteiger partial charge on any atom is 0.251 e. The minimum Gasteiger partial charge on any atom is -0.345 e. The zero-order valence-electron chi connectivity index (χ0n) is 15.0. The monoisotopic (exact) mass is 360 g/mol. The van der Waals surface area contributed by atoms with Gasteiger partial charge in [-0.1, -0.05) is 31.2 Å². The summed E-state index contributed by atoms with van der Waals surface area (Å²) < 4.78 is 26.1.